The second-order valence-electron chi connectivity index (χ2n) is 8.76. The number of nitrogens with zero attached hydrogens (tertiary/aromatic N) is 3. The van der Waals surface area contributed by atoms with Gasteiger partial charge < -0.3 is 9.64 Å². The van der Waals surface area contributed by atoms with Gasteiger partial charge in [-0.05, 0) is 79.1 Å². The first-order valence-electron chi connectivity index (χ1n) is 11.1. The number of imide groups is 1. The zero-order valence-electron chi connectivity index (χ0n) is 19.4. The summed E-state index contributed by atoms with van der Waals surface area (Å²) in [6.07, 6.45) is 2.50. The van der Waals surface area contributed by atoms with Crippen molar-refractivity contribution in [1.29, 1.82) is 0 Å². The molecule has 1 aliphatic carbocycles. The number of ether oxygens (including phenoxy) is 1. The smallest absolute Gasteiger partial charge is 0.497 e. The Morgan fingerprint density at radius 3 is 2.22 bits per heavy atom. The summed E-state index contributed by atoms with van der Waals surface area (Å²) in [5.41, 5.74) is -4.25. The Morgan fingerprint density at radius 2 is 1.65 bits per heavy atom. The van der Waals surface area contributed by atoms with Crippen LogP contribution < -0.4 is 9.64 Å². The molecule has 37 heavy (non-hydrogen) atoms. The van der Waals surface area contributed by atoms with Gasteiger partial charge in [-0.25, -0.2) is 18.1 Å². The molecule has 2 aliphatic rings. The third-order valence-electron chi connectivity index (χ3n) is 6.52. The van der Waals surface area contributed by atoms with Gasteiger partial charge in [0.1, 0.15) is 11.3 Å². The van der Waals surface area contributed by atoms with Crippen LogP contribution in [0.4, 0.5) is 23.7 Å². The molecule has 0 unspecified atom stereocenters. The molecule has 192 valence electrons. The number of carbonyl (C=O) groups excluding carboxylic acids is 2. The van der Waals surface area contributed by atoms with E-state index < -0.39 is 37.7 Å². The molecule has 2 heterocycles. The van der Waals surface area contributed by atoms with Gasteiger partial charge in [0.05, 0.1) is 23.4 Å². The van der Waals surface area contributed by atoms with Gasteiger partial charge in [0.2, 0.25) is 0 Å². The lowest BCUT2D eigenvalue weighted by atomic mass is 10.1. The maximum Gasteiger partial charge on any atom is 0.501 e. The summed E-state index contributed by atoms with van der Waals surface area (Å²) in [4.78, 5) is 32.3. The van der Waals surface area contributed by atoms with E-state index in [2.05, 4.69) is 4.98 Å². The third-order valence-corrected chi connectivity index (χ3v) is 8.03. The standard InChI is InChI=1S/C25H20F3N3O5S/c1-36-19-6-2-17(3-7-19)21-14-16(10-13-29-21)15-30-23(33)31(22(32)24(30)11-12-24)18-4-8-20(9-5-18)37(34,35)25(26,27)28/h2-10,13-14H,11-12,15H2,1H3. The van der Waals surface area contributed by atoms with E-state index in [0.29, 0.717) is 24.3 Å². The van der Waals surface area contributed by atoms with Crippen LogP contribution in [0.25, 0.3) is 11.3 Å². The lowest BCUT2D eigenvalue weighted by Gasteiger charge is -2.21. The van der Waals surface area contributed by atoms with E-state index in [4.69, 9.17) is 4.74 Å². The second-order valence-corrected chi connectivity index (χ2v) is 10.7. The van der Waals surface area contributed by atoms with Gasteiger partial charge in [-0.15, -0.1) is 0 Å². The average Bonchev–Trinajstić information content (AvgIpc) is 3.66. The number of aromatic nitrogens is 1. The number of hydrogen-bond acceptors (Lipinski definition) is 6. The molecule has 0 atom stereocenters. The van der Waals surface area contributed by atoms with Crippen molar-refractivity contribution >= 4 is 27.5 Å². The molecule has 1 saturated heterocycles. The first-order chi connectivity index (χ1) is 17.5. The maximum absolute atomic E-state index is 13.3. The van der Waals surface area contributed by atoms with E-state index >= 15 is 0 Å². The third kappa shape index (κ3) is 4.10. The number of hydrogen-bond donors (Lipinski definition) is 0. The fraction of sp³-hybridized carbons (Fsp3) is 0.240. The zero-order valence-corrected chi connectivity index (χ0v) is 20.2. The SMILES string of the molecule is COc1ccc(-c2cc(CN3C(=O)N(c4ccc(S(=O)(=O)C(F)(F)F)cc4)C(=O)C34CC4)ccn2)cc1. The van der Waals surface area contributed by atoms with Gasteiger partial charge in [0.15, 0.2) is 0 Å². The molecule has 3 amide bonds. The Kier molecular flexibility index (Phi) is 5.74. The highest BCUT2D eigenvalue weighted by Crippen LogP contribution is 2.50. The lowest BCUT2D eigenvalue weighted by Crippen LogP contribution is -2.36. The molecule has 5 rings (SSSR count). The molecular weight excluding hydrogens is 511 g/mol. The summed E-state index contributed by atoms with van der Waals surface area (Å²) in [7, 11) is -3.98. The summed E-state index contributed by atoms with van der Waals surface area (Å²) < 4.78 is 67.1. The minimum Gasteiger partial charge on any atom is -0.497 e. The number of alkyl halides is 3. The van der Waals surface area contributed by atoms with Crippen molar-refractivity contribution < 1.29 is 35.9 Å². The van der Waals surface area contributed by atoms with E-state index in [1.165, 1.54) is 4.90 Å². The minimum atomic E-state index is -5.55. The van der Waals surface area contributed by atoms with Gasteiger partial charge in [0, 0.05) is 18.3 Å². The highest BCUT2D eigenvalue weighted by Gasteiger charge is 2.65. The first-order valence-corrected chi connectivity index (χ1v) is 12.6. The predicted molar refractivity (Wildman–Crippen MR) is 126 cm³/mol. The summed E-state index contributed by atoms with van der Waals surface area (Å²) >= 11 is 0. The van der Waals surface area contributed by atoms with Crippen LogP contribution in [0.15, 0.2) is 71.8 Å². The quantitative estimate of drug-likeness (QED) is 0.433. The summed E-state index contributed by atoms with van der Waals surface area (Å²) in [5, 5.41) is 0. The number of halogens is 3. The molecular formula is C25H20F3N3O5S. The number of benzene rings is 2. The van der Waals surface area contributed by atoms with E-state index in [1.54, 1.807) is 31.5 Å². The van der Waals surface area contributed by atoms with Crippen molar-refractivity contribution in [1.82, 2.24) is 9.88 Å². The van der Waals surface area contributed by atoms with Gasteiger partial charge in [-0.1, -0.05) is 0 Å². The van der Waals surface area contributed by atoms with Gasteiger partial charge in [0.25, 0.3) is 15.7 Å². The molecule has 12 heteroatoms. The van der Waals surface area contributed by atoms with Crippen LogP contribution >= 0.6 is 0 Å². The summed E-state index contributed by atoms with van der Waals surface area (Å²) in [6, 6.07) is 13.8. The molecule has 1 saturated carbocycles. The Balaban J connectivity index is 1.40. The first kappa shape index (κ1) is 24.8. The Bertz CT molecular complexity index is 1490. The highest BCUT2D eigenvalue weighted by atomic mass is 32.2. The number of carbonyl (C=O) groups is 2. The number of pyridine rings is 1. The molecule has 1 aliphatic heterocycles. The fourth-order valence-corrected chi connectivity index (χ4v) is 5.11. The normalized spacial score (nSPS) is 17.0. The van der Waals surface area contributed by atoms with Crippen molar-refractivity contribution in [3.05, 3.63) is 72.4 Å². The lowest BCUT2D eigenvalue weighted by molar-refractivity contribution is -0.120. The zero-order chi connectivity index (χ0) is 26.6. The van der Waals surface area contributed by atoms with Crippen molar-refractivity contribution in [2.24, 2.45) is 0 Å². The molecule has 1 spiro atoms. The van der Waals surface area contributed by atoms with E-state index in [0.717, 1.165) is 40.3 Å². The van der Waals surface area contributed by atoms with Crippen molar-refractivity contribution in [3.8, 4) is 17.0 Å². The molecule has 1 aromatic heterocycles. The van der Waals surface area contributed by atoms with Crippen LogP contribution in [0.1, 0.15) is 18.4 Å². The number of urea groups is 1. The Hall–Kier alpha value is -3.93. The van der Waals surface area contributed by atoms with Crippen LogP contribution in [0, 0.1) is 0 Å². The number of sulfone groups is 1. The topological polar surface area (TPSA) is 96.9 Å². The van der Waals surface area contributed by atoms with Gasteiger partial charge >= 0.3 is 11.5 Å². The molecule has 0 bridgehead atoms. The van der Waals surface area contributed by atoms with Crippen molar-refractivity contribution in [2.75, 3.05) is 12.0 Å². The van der Waals surface area contributed by atoms with Crippen LogP contribution in [0.2, 0.25) is 0 Å². The monoisotopic (exact) mass is 531 g/mol. The molecule has 2 fully saturated rings. The Morgan fingerprint density at radius 1 is 1.00 bits per heavy atom. The maximum atomic E-state index is 13.3. The van der Waals surface area contributed by atoms with Crippen LogP contribution in [0.3, 0.4) is 0 Å². The number of rotatable bonds is 6. The molecule has 8 nitrogen and oxygen atoms in total. The number of methoxy groups -OCH3 is 1. The highest BCUT2D eigenvalue weighted by molar-refractivity contribution is 7.92. The Labute approximate surface area is 210 Å². The van der Waals surface area contributed by atoms with Gasteiger partial charge in [-0.2, -0.15) is 13.2 Å². The van der Waals surface area contributed by atoms with Crippen LogP contribution in [-0.2, 0) is 21.2 Å². The second kappa shape index (κ2) is 8.58. The summed E-state index contributed by atoms with van der Waals surface area (Å²) in [6.45, 7) is 0.118. The summed E-state index contributed by atoms with van der Waals surface area (Å²) in [5.74, 6) is 0.203. The van der Waals surface area contributed by atoms with Gasteiger partial charge in [-0.3, -0.25) is 9.78 Å². The van der Waals surface area contributed by atoms with Crippen molar-refractivity contribution in [3.63, 3.8) is 0 Å². The predicted octanol–water partition coefficient (Wildman–Crippen LogP) is 4.55. The average molecular weight is 532 g/mol. The molecule has 2 aromatic carbocycles. The minimum absolute atomic E-state index is 0.00134. The fourth-order valence-electron chi connectivity index (χ4n) is 4.35. The van der Waals surface area contributed by atoms with Crippen LogP contribution in [0.5, 0.6) is 5.75 Å². The molecule has 0 radical (unpaired) electrons. The van der Waals surface area contributed by atoms with Crippen molar-refractivity contribution in [2.45, 2.75) is 35.3 Å². The van der Waals surface area contributed by atoms with E-state index in [9.17, 15) is 31.2 Å². The number of amides is 3. The van der Waals surface area contributed by atoms with Crippen LogP contribution in [-0.4, -0.2) is 48.4 Å². The van der Waals surface area contributed by atoms with E-state index in [1.807, 2.05) is 18.2 Å². The number of anilines is 1. The molecule has 0 N–H and O–H groups in total. The molecule has 3 aromatic rings. The largest absolute Gasteiger partial charge is 0.501 e. The van der Waals surface area contributed by atoms with E-state index in [-0.39, 0.29) is 12.2 Å².